The monoisotopic (exact) mass is 240 g/mol. The summed E-state index contributed by atoms with van der Waals surface area (Å²) < 4.78 is 5.87. The number of nitrogens with one attached hydrogen (secondary N) is 1. The summed E-state index contributed by atoms with van der Waals surface area (Å²) in [6.07, 6.45) is 12.7. The standard InChI is InChI=1S/C14H28N2O/c1-3-4-7-10-13(16-15)14(17-2)11-8-5-6-9-12-14/h3,13,16H,1,4-12,15H2,2H3. The highest BCUT2D eigenvalue weighted by atomic mass is 16.5. The van der Waals surface area contributed by atoms with Crippen LogP contribution in [0.3, 0.4) is 0 Å². The van der Waals surface area contributed by atoms with Crippen LogP contribution in [0.15, 0.2) is 12.7 Å². The van der Waals surface area contributed by atoms with E-state index in [1.165, 1.54) is 25.7 Å². The zero-order valence-corrected chi connectivity index (χ0v) is 11.2. The van der Waals surface area contributed by atoms with Crippen LogP contribution < -0.4 is 11.3 Å². The minimum atomic E-state index is -0.0492. The van der Waals surface area contributed by atoms with Crippen molar-refractivity contribution in [3.05, 3.63) is 12.7 Å². The number of hydrazine groups is 1. The van der Waals surface area contributed by atoms with Gasteiger partial charge in [0.15, 0.2) is 0 Å². The first-order valence-corrected chi connectivity index (χ1v) is 6.91. The van der Waals surface area contributed by atoms with Crippen molar-refractivity contribution < 1.29 is 4.74 Å². The molecule has 1 saturated carbocycles. The molecule has 0 aromatic heterocycles. The summed E-state index contributed by atoms with van der Waals surface area (Å²) in [7, 11) is 1.84. The number of unbranched alkanes of at least 4 members (excludes halogenated alkanes) is 1. The molecule has 1 atom stereocenters. The van der Waals surface area contributed by atoms with E-state index in [0.717, 1.165) is 32.1 Å². The Kier molecular flexibility index (Phi) is 6.78. The third kappa shape index (κ3) is 4.09. The van der Waals surface area contributed by atoms with Gasteiger partial charge in [-0.15, -0.1) is 6.58 Å². The number of rotatable bonds is 7. The van der Waals surface area contributed by atoms with Gasteiger partial charge in [-0.2, -0.15) is 0 Å². The predicted molar refractivity (Wildman–Crippen MR) is 72.6 cm³/mol. The summed E-state index contributed by atoms with van der Waals surface area (Å²) in [5.41, 5.74) is 2.94. The molecule has 3 N–H and O–H groups in total. The van der Waals surface area contributed by atoms with Crippen molar-refractivity contribution in [1.29, 1.82) is 0 Å². The first-order valence-electron chi connectivity index (χ1n) is 6.91. The van der Waals surface area contributed by atoms with Gasteiger partial charge in [-0.25, -0.2) is 0 Å². The predicted octanol–water partition coefficient (Wildman–Crippen LogP) is 2.91. The van der Waals surface area contributed by atoms with Crippen molar-refractivity contribution >= 4 is 0 Å². The second-order valence-electron chi connectivity index (χ2n) is 5.12. The maximum atomic E-state index is 5.87. The molecule has 1 aliphatic rings. The van der Waals surface area contributed by atoms with Crippen molar-refractivity contribution in [1.82, 2.24) is 5.43 Å². The Hall–Kier alpha value is -0.380. The van der Waals surface area contributed by atoms with E-state index in [9.17, 15) is 0 Å². The van der Waals surface area contributed by atoms with E-state index < -0.39 is 0 Å². The first-order chi connectivity index (χ1) is 8.29. The molecule has 0 spiro atoms. The van der Waals surface area contributed by atoms with Crippen LogP contribution in [0.1, 0.15) is 57.8 Å². The number of allylic oxidation sites excluding steroid dienone is 1. The molecular weight excluding hydrogens is 212 g/mol. The highest BCUT2D eigenvalue weighted by molar-refractivity contribution is 4.93. The van der Waals surface area contributed by atoms with Gasteiger partial charge in [0.05, 0.1) is 11.6 Å². The zero-order chi connectivity index (χ0) is 12.6. The van der Waals surface area contributed by atoms with Crippen LogP contribution in [-0.4, -0.2) is 18.8 Å². The fourth-order valence-electron chi connectivity index (χ4n) is 2.99. The Morgan fingerprint density at radius 1 is 1.35 bits per heavy atom. The van der Waals surface area contributed by atoms with Gasteiger partial charge in [0.1, 0.15) is 0 Å². The van der Waals surface area contributed by atoms with Crippen LogP contribution in [0.4, 0.5) is 0 Å². The highest BCUT2D eigenvalue weighted by Crippen LogP contribution is 2.34. The van der Waals surface area contributed by atoms with Crippen molar-refractivity contribution in [2.24, 2.45) is 5.84 Å². The van der Waals surface area contributed by atoms with E-state index in [1.807, 2.05) is 13.2 Å². The Morgan fingerprint density at radius 3 is 2.47 bits per heavy atom. The van der Waals surface area contributed by atoms with Gasteiger partial charge >= 0.3 is 0 Å². The minimum absolute atomic E-state index is 0.0492. The van der Waals surface area contributed by atoms with Gasteiger partial charge in [0.2, 0.25) is 0 Å². The lowest BCUT2D eigenvalue weighted by Gasteiger charge is -2.39. The summed E-state index contributed by atoms with van der Waals surface area (Å²) in [5.74, 6) is 5.74. The van der Waals surface area contributed by atoms with Gasteiger partial charge in [-0.1, -0.05) is 31.8 Å². The average Bonchev–Trinajstić information content (AvgIpc) is 2.61. The smallest absolute Gasteiger partial charge is 0.0844 e. The van der Waals surface area contributed by atoms with E-state index >= 15 is 0 Å². The maximum Gasteiger partial charge on any atom is 0.0844 e. The van der Waals surface area contributed by atoms with Crippen molar-refractivity contribution in [2.75, 3.05) is 7.11 Å². The molecule has 1 rings (SSSR count). The minimum Gasteiger partial charge on any atom is -0.377 e. The second kappa shape index (κ2) is 7.85. The van der Waals surface area contributed by atoms with Crippen molar-refractivity contribution in [3.63, 3.8) is 0 Å². The number of ether oxygens (including phenoxy) is 1. The molecule has 1 fully saturated rings. The Morgan fingerprint density at radius 2 is 2.00 bits per heavy atom. The first kappa shape index (κ1) is 14.7. The zero-order valence-electron chi connectivity index (χ0n) is 11.2. The molecule has 0 aromatic rings. The SMILES string of the molecule is C=CCCCC(NN)C1(OC)CCCCCC1. The third-order valence-corrected chi connectivity index (χ3v) is 4.09. The van der Waals surface area contributed by atoms with Gasteiger partial charge in [0.25, 0.3) is 0 Å². The van der Waals surface area contributed by atoms with Crippen LogP contribution in [0.25, 0.3) is 0 Å². The van der Waals surface area contributed by atoms with E-state index in [-0.39, 0.29) is 11.6 Å². The van der Waals surface area contributed by atoms with Crippen LogP contribution in [0.5, 0.6) is 0 Å². The molecule has 100 valence electrons. The lowest BCUT2D eigenvalue weighted by molar-refractivity contribution is -0.0551. The summed E-state index contributed by atoms with van der Waals surface area (Å²) >= 11 is 0. The molecular formula is C14H28N2O. The summed E-state index contributed by atoms with van der Waals surface area (Å²) in [4.78, 5) is 0. The van der Waals surface area contributed by atoms with Gasteiger partial charge in [-0.3, -0.25) is 11.3 Å². The second-order valence-corrected chi connectivity index (χ2v) is 5.12. The summed E-state index contributed by atoms with van der Waals surface area (Å²) in [6, 6.07) is 0.269. The van der Waals surface area contributed by atoms with E-state index in [2.05, 4.69) is 12.0 Å². The molecule has 1 aliphatic carbocycles. The van der Waals surface area contributed by atoms with Gasteiger partial charge in [-0.05, 0) is 32.1 Å². The number of nitrogens with two attached hydrogens (primary N) is 1. The number of hydrogen-bond donors (Lipinski definition) is 2. The van der Waals surface area contributed by atoms with Crippen LogP contribution in [-0.2, 0) is 4.74 Å². The fourth-order valence-corrected chi connectivity index (χ4v) is 2.99. The molecule has 0 heterocycles. The van der Waals surface area contributed by atoms with Crippen molar-refractivity contribution in [2.45, 2.75) is 69.4 Å². The van der Waals surface area contributed by atoms with E-state index in [0.29, 0.717) is 0 Å². The third-order valence-electron chi connectivity index (χ3n) is 4.09. The summed E-state index contributed by atoms with van der Waals surface area (Å²) in [5, 5.41) is 0. The molecule has 17 heavy (non-hydrogen) atoms. The maximum absolute atomic E-state index is 5.87. The average molecular weight is 240 g/mol. The molecule has 3 nitrogen and oxygen atoms in total. The molecule has 0 radical (unpaired) electrons. The Labute approximate surface area is 106 Å². The fraction of sp³-hybridized carbons (Fsp3) is 0.857. The summed E-state index contributed by atoms with van der Waals surface area (Å²) in [6.45, 7) is 3.77. The molecule has 0 bridgehead atoms. The molecule has 1 unspecified atom stereocenters. The van der Waals surface area contributed by atoms with E-state index in [1.54, 1.807) is 0 Å². The van der Waals surface area contributed by atoms with Crippen LogP contribution in [0, 0.1) is 0 Å². The normalized spacial score (nSPS) is 21.8. The quantitative estimate of drug-likeness (QED) is 0.236. The molecule has 0 amide bonds. The lowest BCUT2D eigenvalue weighted by atomic mass is 9.83. The van der Waals surface area contributed by atoms with Crippen LogP contribution >= 0.6 is 0 Å². The van der Waals surface area contributed by atoms with Crippen molar-refractivity contribution in [3.8, 4) is 0 Å². The van der Waals surface area contributed by atoms with Gasteiger partial charge in [0, 0.05) is 7.11 Å². The number of hydrogen-bond acceptors (Lipinski definition) is 3. The molecule has 0 aromatic carbocycles. The Balaban J connectivity index is 2.61. The number of methoxy groups -OCH3 is 1. The molecule has 0 aliphatic heterocycles. The van der Waals surface area contributed by atoms with E-state index in [4.69, 9.17) is 10.6 Å². The highest BCUT2D eigenvalue weighted by Gasteiger charge is 2.38. The largest absolute Gasteiger partial charge is 0.377 e. The lowest BCUT2D eigenvalue weighted by Crippen LogP contribution is -2.54. The Bertz CT molecular complexity index is 210. The molecule has 3 heteroatoms. The van der Waals surface area contributed by atoms with Crippen LogP contribution in [0.2, 0.25) is 0 Å². The topological polar surface area (TPSA) is 47.3 Å². The molecule has 0 saturated heterocycles. The van der Waals surface area contributed by atoms with Gasteiger partial charge < -0.3 is 4.74 Å².